The number of nitrogens with zero attached hydrogens (tertiary/aromatic N) is 1. The van der Waals surface area contributed by atoms with Crippen LogP contribution in [0.5, 0.6) is 5.75 Å². The Morgan fingerprint density at radius 1 is 1.61 bits per heavy atom. The van der Waals surface area contributed by atoms with Gasteiger partial charge in [-0.25, -0.2) is 0 Å². The summed E-state index contributed by atoms with van der Waals surface area (Å²) < 4.78 is 5.11. The third kappa shape index (κ3) is 2.84. The molecule has 1 heterocycles. The minimum Gasteiger partial charge on any atom is -0.496 e. The molecule has 1 fully saturated rings. The van der Waals surface area contributed by atoms with Crippen LogP contribution < -0.4 is 4.74 Å². The lowest BCUT2D eigenvalue weighted by Gasteiger charge is -2.37. The topological polar surface area (TPSA) is 49.8 Å². The second-order valence-electron chi connectivity index (χ2n) is 4.51. The van der Waals surface area contributed by atoms with Crippen molar-refractivity contribution in [2.24, 2.45) is 0 Å². The van der Waals surface area contributed by atoms with Crippen LogP contribution in [0.15, 0.2) is 11.4 Å². The molecular formula is C13H19NO3S. The lowest BCUT2D eigenvalue weighted by atomic mass is 9.91. The molecule has 4 nitrogen and oxygen atoms in total. The monoisotopic (exact) mass is 269 g/mol. The zero-order valence-electron chi connectivity index (χ0n) is 10.6. The van der Waals surface area contributed by atoms with E-state index in [1.165, 1.54) is 17.8 Å². The zero-order valence-corrected chi connectivity index (χ0v) is 11.4. The molecule has 5 heteroatoms. The number of carbonyl (C=O) groups excluding carboxylic acids is 1. The molecular weight excluding hydrogens is 250 g/mol. The van der Waals surface area contributed by atoms with Crippen molar-refractivity contribution in [2.45, 2.75) is 31.7 Å². The van der Waals surface area contributed by atoms with Crippen LogP contribution in [0.4, 0.5) is 0 Å². The second kappa shape index (κ2) is 6.20. The van der Waals surface area contributed by atoms with Crippen molar-refractivity contribution in [3.05, 3.63) is 16.3 Å². The van der Waals surface area contributed by atoms with Gasteiger partial charge in [-0.2, -0.15) is 0 Å². The van der Waals surface area contributed by atoms with Crippen molar-refractivity contribution >= 4 is 17.2 Å². The van der Waals surface area contributed by atoms with Gasteiger partial charge in [0, 0.05) is 30.6 Å². The van der Waals surface area contributed by atoms with Crippen LogP contribution in [-0.2, 0) is 0 Å². The number of hydrogen-bond donors (Lipinski definition) is 1. The Hall–Kier alpha value is -1.07. The van der Waals surface area contributed by atoms with Crippen LogP contribution in [0.2, 0.25) is 0 Å². The minimum absolute atomic E-state index is 0.0708. The van der Waals surface area contributed by atoms with Gasteiger partial charge in [-0.15, -0.1) is 11.3 Å². The largest absolute Gasteiger partial charge is 0.496 e. The number of aliphatic hydroxyl groups excluding tert-OH is 1. The third-order valence-electron chi connectivity index (χ3n) is 3.36. The van der Waals surface area contributed by atoms with Gasteiger partial charge in [0.25, 0.3) is 5.91 Å². The summed E-state index contributed by atoms with van der Waals surface area (Å²) in [6, 6.07) is 2.15. The van der Waals surface area contributed by atoms with Crippen molar-refractivity contribution in [2.75, 3.05) is 20.3 Å². The Morgan fingerprint density at radius 3 is 2.89 bits per heavy atom. The molecule has 0 atom stereocenters. The smallest absolute Gasteiger partial charge is 0.264 e. The molecule has 1 saturated carbocycles. The van der Waals surface area contributed by atoms with Crippen LogP contribution in [-0.4, -0.2) is 42.2 Å². The molecule has 1 amide bonds. The van der Waals surface area contributed by atoms with E-state index in [0.717, 1.165) is 23.5 Å². The van der Waals surface area contributed by atoms with Crippen molar-refractivity contribution < 1.29 is 14.6 Å². The van der Waals surface area contributed by atoms with Gasteiger partial charge in [0.05, 0.1) is 12.0 Å². The fourth-order valence-corrected chi connectivity index (χ4v) is 2.88. The number of carbonyl (C=O) groups is 1. The molecule has 1 N–H and O–H groups in total. The Kier molecular flexibility index (Phi) is 4.60. The fourth-order valence-electron chi connectivity index (χ4n) is 2.07. The average Bonchev–Trinajstić information content (AvgIpc) is 2.79. The van der Waals surface area contributed by atoms with E-state index in [4.69, 9.17) is 9.84 Å². The van der Waals surface area contributed by atoms with E-state index in [2.05, 4.69) is 0 Å². The van der Waals surface area contributed by atoms with E-state index >= 15 is 0 Å². The van der Waals surface area contributed by atoms with Crippen molar-refractivity contribution in [3.63, 3.8) is 0 Å². The van der Waals surface area contributed by atoms with Gasteiger partial charge in [-0.3, -0.25) is 4.79 Å². The lowest BCUT2D eigenvalue weighted by Crippen LogP contribution is -2.44. The summed E-state index contributed by atoms with van der Waals surface area (Å²) in [4.78, 5) is 15.0. The quantitative estimate of drug-likeness (QED) is 0.860. The van der Waals surface area contributed by atoms with E-state index in [1.807, 2.05) is 10.3 Å². The summed E-state index contributed by atoms with van der Waals surface area (Å²) in [6.45, 7) is 0.768. The molecule has 1 aromatic rings. The van der Waals surface area contributed by atoms with Crippen LogP contribution in [0, 0.1) is 0 Å². The van der Waals surface area contributed by atoms with Gasteiger partial charge < -0.3 is 14.7 Å². The number of rotatable bonds is 6. The highest BCUT2D eigenvalue weighted by molar-refractivity contribution is 7.12. The first kappa shape index (κ1) is 13.4. The molecule has 0 spiro atoms. The number of amides is 1. The molecule has 1 aliphatic carbocycles. The fraction of sp³-hybridized carbons (Fsp3) is 0.615. The third-order valence-corrected chi connectivity index (χ3v) is 4.25. The van der Waals surface area contributed by atoms with Crippen LogP contribution >= 0.6 is 11.3 Å². The number of hydrogen-bond acceptors (Lipinski definition) is 4. The SMILES string of the molecule is COc1csc(C(=O)N(CCCO)C2CCC2)c1. The van der Waals surface area contributed by atoms with Crippen molar-refractivity contribution in [1.29, 1.82) is 0 Å². The van der Waals surface area contributed by atoms with E-state index in [1.54, 1.807) is 13.2 Å². The summed E-state index contributed by atoms with van der Waals surface area (Å²) in [5.41, 5.74) is 0. The van der Waals surface area contributed by atoms with Gasteiger partial charge in [-0.1, -0.05) is 0 Å². The van der Waals surface area contributed by atoms with Gasteiger partial charge in [-0.05, 0) is 25.7 Å². The Morgan fingerprint density at radius 2 is 2.39 bits per heavy atom. The number of methoxy groups -OCH3 is 1. The second-order valence-corrected chi connectivity index (χ2v) is 5.42. The van der Waals surface area contributed by atoms with Gasteiger partial charge in [0.15, 0.2) is 0 Å². The van der Waals surface area contributed by atoms with Crippen molar-refractivity contribution in [1.82, 2.24) is 4.90 Å². The standard InChI is InChI=1S/C13H19NO3S/c1-17-11-8-12(18-9-11)13(16)14(6-3-7-15)10-4-2-5-10/h8-10,15H,2-7H2,1H3. The molecule has 0 saturated heterocycles. The number of thiophene rings is 1. The first-order valence-electron chi connectivity index (χ1n) is 6.30. The maximum atomic E-state index is 12.4. The van der Waals surface area contributed by atoms with E-state index in [9.17, 15) is 4.79 Å². The predicted octanol–water partition coefficient (Wildman–Crippen LogP) is 2.13. The summed E-state index contributed by atoms with van der Waals surface area (Å²) in [7, 11) is 1.60. The number of ether oxygens (including phenoxy) is 1. The van der Waals surface area contributed by atoms with Crippen LogP contribution in [0.3, 0.4) is 0 Å². The lowest BCUT2D eigenvalue weighted by molar-refractivity contribution is 0.0567. The normalized spacial score (nSPS) is 15.2. The summed E-state index contributed by atoms with van der Waals surface area (Å²) >= 11 is 1.42. The summed E-state index contributed by atoms with van der Waals surface area (Å²) in [5.74, 6) is 0.806. The highest BCUT2D eigenvalue weighted by atomic mass is 32.1. The van der Waals surface area contributed by atoms with E-state index in [0.29, 0.717) is 19.0 Å². The number of aliphatic hydroxyl groups is 1. The predicted molar refractivity (Wildman–Crippen MR) is 71.2 cm³/mol. The molecule has 100 valence electrons. The van der Waals surface area contributed by atoms with Gasteiger partial charge in [0.2, 0.25) is 0 Å². The summed E-state index contributed by atoms with van der Waals surface area (Å²) in [5, 5.41) is 10.8. The zero-order chi connectivity index (χ0) is 13.0. The maximum absolute atomic E-state index is 12.4. The highest BCUT2D eigenvalue weighted by Crippen LogP contribution is 2.29. The van der Waals surface area contributed by atoms with Gasteiger partial charge >= 0.3 is 0 Å². The molecule has 0 unspecified atom stereocenters. The van der Waals surface area contributed by atoms with E-state index < -0.39 is 0 Å². The molecule has 1 aliphatic rings. The molecule has 0 radical (unpaired) electrons. The molecule has 0 aromatic carbocycles. The summed E-state index contributed by atoms with van der Waals surface area (Å²) in [6.07, 6.45) is 4.01. The molecule has 0 bridgehead atoms. The Balaban J connectivity index is 2.06. The Labute approximate surface area is 111 Å². The minimum atomic E-state index is 0.0708. The molecule has 2 rings (SSSR count). The van der Waals surface area contributed by atoms with Crippen LogP contribution in [0.1, 0.15) is 35.4 Å². The Bertz CT molecular complexity index is 401. The average molecular weight is 269 g/mol. The highest BCUT2D eigenvalue weighted by Gasteiger charge is 2.29. The first-order chi connectivity index (χ1) is 8.76. The van der Waals surface area contributed by atoms with E-state index in [-0.39, 0.29) is 12.5 Å². The van der Waals surface area contributed by atoms with Crippen molar-refractivity contribution in [3.8, 4) is 5.75 Å². The molecule has 0 aliphatic heterocycles. The molecule has 18 heavy (non-hydrogen) atoms. The van der Waals surface area contributed by atoms with Crippen LogP contribution in [0.25, 0.3) is 0 Å². The molecule has 1 aromatic heterocycles. The first-order valence-corrected chi connectivity index (χ1v) is 7.18. The van der Waals surface area contributed by atoms with Gasteiger partial charge in [0.1, 0.15) is 5.75 Å². The maximum Gasteiger partial charge on any atom is 0.264 e.